The van der Waals surface area contributed by atoms with Crippen molar-refractivity contribution in [2.24, 2.45) is 5.92 Å². The maximum Gasteiger partial charge on any atom is 0.233 e. The number of benzene rings is 1. The lowest BCUT2D eigenvalue weighted by Gasteiger charge is -2.42. The second-order valence-electron chi connectivity index (χ2n) is 8.23. The maximum atomic E-state index is 13.6. The molecular weight excluding hydrogens is 364 g/mol. The second kappa shape index (κ2) is 8.95. The summed E-state index contributed by atoms with van der Waals surface area (Å²) in [5.74, 6) is 1.45. The Balaban J connectivity index is 1.38. The van der Waals surface area contributed by atoms with Gasteiger partial charge in [0.1, 0.15) is 0 Å². The molecule has 0 N–H and O–H groups in total. The minimum Gasteiger partial charge on any atom is -0.477 e. The molecule has 4 rings (SSSR count). The Morgan fingerprint density at radius 3 is 2.55 bits per heavy atom. The largest absolute Gasteiger partial charge is 0.477 e. The van der Waals surface area contributed by atoms with Gasteiger partial charge in [0.2, 0.25) is 11.8 Å². The van der Waals surface area contributed by atoms with E-state index in [2.05, 4.69) is 22.0 Å². The number of ether oxygens (including phenoxy) is 2. The van der Waals surface area contributed by atoms with Crippen molar-refractivity contribution in [2.75, 3.05) is 32.9 Å². The van der Waals surface area contributed by atoms with Gasteiger partial charge in [-0.2, -0.15) is 0 Å². The van der Waals surface area contributed by atoms with Crippen LogP contribution >= 0.6 is 0 Å². The predicted octanol–water partition coefficient (Wildman–Crippen LogP) is 3.76. The van der Waals surface area contributed by atoms with Gasteiger partial charge in [0.05, 0.1) is 12.0 Å². The van der Waals surface area contributed by atoms with E-state index in [0.717, 1.165) is 55.8 Å². The molecule has 2 aromatic rings. The fourth-order valence-corrected chi connectivity index (χ4v) is 4.53. The monoisotopic (exact) mass is 394 g/mol. The lowest BCUT2D eigenvalue weighted by atomic mass is 9.72. The predicted molar refractivity (Wildman–Crippen MR) is 112 cm³/mol. The van der Waals surface area contributed by atoms with Crippen molar-refractivity contribution in [3.63, 3.8) is 0 Å². The van der Waals surface area contributed by atoms with Crippen LogP contribution in [-0.2, 0) is 14.9 Å². The summed E-state index contributed by atoms with van der Waals surface area (Å²) in [4.78, 5) is 20.0. The molecule has 0 atom stereocenters. The van der Waals surface area contributed by atoms with E-state index in [1.54, 1.807) is 6.20 Å². The van der Waals surface area contributed by atoms with E-state index in [0.29, 0.717) is 25.7 Å². The molecule has 154 valence electrons. The zero-order valence-electron chi connectivity index (χ0n) is 17.2. The fraction of sp³-hybridized carbons (Fsp3) is 0.500. The highest BCUT2D eigenvalue weighted by atomic mass is 16.5. The number of nitrogens with zero attached hydrogens (tertiary/aromatic N) is 2. The zero-order chi connectivity index (χ0) is 20.1. The quantitative estimate of drug-likeness (QED) is 0.775. The average molecular weight is 395 g/mol. The number of aryl methyl sites for hydroxylation is 1. The molecular formula is C24H30N2O3. The van der Waals surface area contributed by atoms with E-state index in [1.807, 2.05) is 37.3 Å². The van der Waals surface area contributed by atoms with Crippen LogP contribution < -0.4 is 4.74 Å². The van der Waals surface area contributed by atoms with E-state index < -0.39 is 5.41 Å². The molecule has 5 heteroatoms. The van der Waals surface area contributed by atoms with Crippen LogP contribution in [0.15, 0.2) is 48.7 Å². The third-order valence-corrected chi connectivity index (χ3v) is 6.40. The summed E-state index contributed by atoms with van der Waals surface area (Å²) in [6.07, 6.45) is 5.23. The van der Waals surface area contributed by atoms with Gasteiger partial charge in [-0.1, -0.05) is 36.4 Å². The highest BCUT2D eigenvalue weighted by molar-refractivity contribution is 5.88. The first kappa shape index (κ1) is 19.9. The number of carbonyl (C=O) groups is 1. The molecule has 3 heterocycles. The van der Waals surface area contributed by atoms with E-state index >= 15 is 0 Å². The molecule has 2 saturated heterocycles. The van der Waals surface area contributed by atoms with Crippen molar-refractivity contribution >= 4 is 5.91 Å². The van der Waals surface area contributed by atoms with Crippen molar-refractivity contribution in [1.82, 2.24) is 9.88 Å². The number of piperidine rings is 1. The van der Waals surface area contributed by atoms with Crippen molar-refractivity contribution in [1.29, 1.82) is 0 Å². The molecule has 2 aliphatic rings. The van der Waals surface area contributed by atoms with Crippen molar-refractivity contribution in [3.05, 3.63) is 59.8 Å². The molecule has 2 aliphatic heterocycles. The summed E-state index contributed by atoms with van der Waals surface area (Å²) in [5, 5.41) is 0. The Morgan fingerprint density at radius 2 is 1.86 bits per heavy atom. The molecule has 0 radical (unpaired) electrons. The van der Waals surface area contributed by atoms with Gasteiger partial charge >= 0.3 is 0 Å². The molecule has 1 aromatic carbocycles. The smallest absolute Gasteiger partial charge is 0.233 e. The molecule has 1 aromatic heterocycles. The molecule has 1 amide bonds. The number of hydrogen-bond acceptors (Lipinski definition) is 4. The van der Waals surface area contributed by atoms with Gasteiger partial charge in [0, 0.05) is 38.1 Å². The summed E-state index contributed by atoms with van der Waals surface area (Å²) < 4.78 is 11.5. The maximum absolute atomic E-state index is 13.6. The van der Waals surface area contributed by atoms with Crippen LogP contribution in [-0.4, -0.2) is 48.7 Å². The highest BCUT2D eigenvalue weighted by Crippen LogP contribution is 2.37. The molecule has 0 saturated carbocycles. The Labute approximate surface area is 173 Å². The summed E-state index contributed by atoms with van der Waals surface area (Å²) in [7, 11) is 0. The first-order valence-corrected chi connectivity index (χ1v) is 10.7. The first-order chi connectivity index (χ1) is 14.2. The van der Waals surface area contributed by atoms with Crippen LogP contribution in [0.4, 0.5) is 0 Å². The molecule has 0 bridgehead atoms. The van der Waals surface area contributed by atoms with Crippen molar-refractivity contribution < 1.29 is 14.3 Å². The van der Waals surface area contributed by atoms with Gasteiger partial charge < -0.3 is 14.4 Å². The van der Waals surface area contributed by atoms with Gasteiger partial charge in [-0.25, -0.2) is 4.98 Å². The first-order valence-electron chi connectivity index (χ1n) is 10.7. The van der Waals surface area contributed by atoms with E-state index in [-0.39, 0.29) is 5.91 Å². The van der Waals surface area contributed by atoms with E-state index in [9.17, 15) is 4.79 Å². The Bertz CT molecular complexity index is 810. The van der Waals surface area contributed by atoms with Crippen LogP contribution in [0.25, 0.3) is 0 Å². The summed E-state index contributed by atoms with van der Waals surface area (Å²) in [5.41, 5.74) is 1.75. The average Bonchev–Trinajstić information content (AvgIpc) is 2.79. The standard InChI is InChI=1S/C24H30N2O3/c1-19-6-5-13-25-22(19)29-18-20-9-14-26(15-10-20)23(27)24(11-16-28-17-12-24)21-7-3-2-4-8-21/h2-8,13,20H,9-12,14-18H2,1H3. The lowest BCUT2D eigenvalue weighted by Crippen LogP contribution is -2.52. The zero-order valence-corrected chi connectivity index (χ0v) is 17.2. The summed E-state index contributed by atoms with van der Waals surface area (Å²) >= 11 is 0. The Morgan fingerprint density at radius 1 is 1.14 bits per heavy atom. The van der Waals surface area contributed by atoms with E-state index in [4.69, 9.17) is 9.47 Å². The Hall–Kier alpha value is -2.40. The number of aromatic nitrogens is 1. The minimum atomic E-state index is -0.437. The molecule has 0 unspecified atom stereocenters. The van der Waals surface area contributed by atoms with Crippen LogP contribution in [0.2, 0.25) is 0 Å². The SMILES string of the molecule is Cc1cccnc1OCC1CCN(C(=O)C2(c3ccccc3)CCOCC2)CC1. The normalized spacial score (nSPS) is 19.7. The third kappa shape index (κ3) is 4.30. The lowest BCUT2D eigenvalue weighted by molar-refractivity contribution is -0.143. The van der Waals surface area contributed by atoms with Gasteiger partial charge in [-0.15, -0.1) is 0 Å². The number of amides is 1. The summed E-state index contributed by atoms with van der Waals surface area (Å²) in [6.45, 7) is 5.56. The minimum absolute atomic E-state index is 0.270. The second-order valence-corrected chi connectivity index (χ2v) is 8.23. The molecule has 29 heavy (non-hydrogen) atoms. The molecule has 5 nitrogen and oxygen atoms in total. The molecule has 0 spiro atoms. The fourth-order valence-electron chi connectivity index (χ4n) is 4.53. The molecule has 0 aliphatic carbocycles. The van der Waals surface area contributed by atoms with Crippen LogP contribution in [0.1, 0.15) is 36.8 Å². The van der Waals surface area contributed by atoms with E-state index in [1.165, 1.54) is 0 Å². The third-order valence-electron chi connectivity index (χ3n) is 6.40. The van der Waals surface area contributed by atoms with Gasteiger partial charge in [0.15, 0.2) is 0 Å². The number of pyridine rings is 1. The summed E-state index contributed by atoms with van der Waals surface area (Å²) in [6, 6.07) is 14.2. The van der Waals surface area contributed by atoms with Crippen LogP contribution in [0.5, 0.6) is 5.88 Å². The number of likely N-dealkylation sites (tertiary alicyclic amines) is 1. The highest BCUT2D eigenvalue weighted by Gasteiger charge is 2.44. The number of rotatable bonds is 5. The van der Waals surface area contributed by atoms with Crippen molar-refractivity contribution in [3.8, 4) is 5.88 Å². The van der Waals surface area contributed by atoms with Crippen LogP contribution in [0, 0.1) is 12.8 Å². The van der Waals surface area contributed by atoms with Crippen LogP contribution in [0.3, 0.4) is 0 Å². The molecule has 2 fully saturated rings. The number of carbonyl (C=O) groups excluding carboxylic acids is 1. The number of hydrogen-bond donors (Lipinski definition) is 0. The van der Waals surface area contributed by atoms with Gasteiger partial charge in [-0.05, 0) is 50.2 Å². The topological polar surface area (TPSA) is 51.7 Å². The Kier molecular flexibility index (Phi) is 6.14. The van der Waals surface area contributed by atoms with Crippen molar-refractivity contribution in [2.45, 2.75) is 38.0 Å². The van der Waals surface area contributed by atoms with Gasteiger partial charge in [-0.3, -0.25) is 4.79 Å². The van der Waals surface area contributed by atoms with Gasteiger partial charge in [0.25, 0.3) is 0 Å².